The van der Waals surface area contributed by atoms with Crippen LogP contribution in [0.1, 0.15) is 12.2 Å². The summed E-state index contributed by atoms with van der Waals surface area (Å²) in [6, 6.07) is 1.48. The van der Waals surface area contributed by atoms with E-state index < -0.39 is 0 Å². The van der Waals surface area contributed by atoms with Crippen molar-refractivity contribution < 1.29 is 5.11 Å². The Morgan fingerprint density at radius 2 is 2.39 bits per heavy atom. The highest BCUT2D eigenvalue weighted by molar-refractivity contribution is 5.53. The Bertz CT molecular complexity index is 617. The maximum Gasteiger partial charge on any atom is 0.192 e. The van der Waals surface area contributed by atoms with E-state index in [-0.39, 0.29) is 18.0 Å². The van der Waals surface area contributed by atoms with Gasteiger partial charge in [-0.25, -0.2) is 0 Å². The molecule has 0 bridgehead atoms. The monoisotopic (exact) mass is 246 g/mol. The van der Waals surface area contributed by atoms with Crippen LogP contribution in [0.15, 0.2) is 23.3 Å². The van der Waals surface area contributed by atoms with Gasteiger partial charge in [0.2, 0.25) is 0 Å². The number of aromatic nitrogens is 4. The van der Waals surface area contributed by atoms with E-state index in [4.69, 9.17) is 0 Å². The lowest BCUT2D eigenvalue weighted by Crippen LogP contribution is -2.24. The second-order valence-corrected chi connectivity index (χ2v) is 4.56. The van der Waals surface area contributed by atoms with Gasteiger partial charge in [0.15, 0.2) is 11.3 Å². The Labute approximate surface area is 103 Å². The van der Waals surface area contributed by atoms with Crippen LogP contribution in [0.2, 0.25) is 0 Å². The number of pyridine rings is 1. The smallest absolute Gasteiger partial charge is 0.192 e. The number of nitrogens with zero attached hydrogens (tertiary/aromatic N) is 3. The molecule has 1 aliphatic rings. The zero-order chi connectivity index (χ0) is 12.5. The summed E-state index contributed by atoms with van der Waals surface area (Å²) in [5.74, 6) is 1.69. The molecule has 94 valence electrons. The summed E-state index contributed by atoms with van der Waals surface area (Å²) >= 11 is 0. The van der Waals surface area contributed by atoms with Gasteiger partial charge in [0.1, 0.15) is 5.82 Å². The number of nitrogens with one attached hydrogen (secondary N) is 1. The molecule has 18 heavy (non-hydrogen) atoms. The quantitative estimate of drug-likeness (QED) is 0.792. The summed E-state index contributed by atoms with van der Waals surface area (Å²) in [6.45, 7) is 0.824. The Morgan fingerprint density at radius 1 is 1.50 bits per heavy atom. The van der Waals surface area contributed by atoms with E-state index in [1.54, 1.807) is 12.4 Å². The average molecular weight is 246 g/mol. The van der Waals surface area contributed by atoms with Gasteiger partial charge in [-0.15, -0.1) is 10.2 Å². The minimum atomic E-state index is -0.0740. The van der Waals surface area contributed by atoms with Crippen molar-refractivity contribution in [2.24, 2.45) is 5.92 Å². The van der Waals surface area contributed by atoms with Gasteiger partial charge in [-0.1, -0.05) is 0 Å². The van der Waals surface area contributed by atoms with Crippen LogP contribution in [0.3, 0.4) is 0 Å². The third kappa shape index (κ3) is 1.74. The maximum atomic E-state index is 11.8. The van der Waals surface area contributed by atoms with E-state index in [1.165, 1.54) is 6.07 Å². The van der Waals surface area contributed by atoms with Crippen molar-refractivity contribution in [2.45, 2.75) is 19.4 Å². The lowest BCUT2D eigenvalue weighted by atomic mass is 10.0. The summed E-state index contributed by atoms with van der Waals surface area (Å²) in [7, 11) is 0. The molecule has 6 nitrogen and oxygen atoms in total. The van der Waals surface area contributed by atoms with Gasteiger partial charge in [-0.05, 0) is 6.42 Å². The lowest BCUT2D eigenvalue weighted by molar-refractivity contribution is 0.191. The van der Waals surface area contributed by atoms with Gasteiger partial charge in [-0.2, -0.15) is 0 Å². The van der Waals surface area contributed by atoms with Crippen molar-refractivity contribution in [3.8, 4) is 11.4 Å². The third-order valence-corrected chi connectivity index (χ3v) is 3.37. The molecule has 0 radical (unpaired) electrons. The van der Waals surface area contributed by atoms with Gasteiger partial charge in [-0.3, -0.25) is 4.79 Å². The molecule has 3 rings (SSSR count). The first kappa shape index (κ1) is 11.2. The molecule has 3 heterocycles. The van der Waals surface area contributed by atoms with E-state index in [9.17, 15) is 9.90 Å². The Kier molecular flexibility index (Phi) is 2.71. The van der Waals surface area contributed by atoms with Gasteiger partial charge in [0.25, 0.3) is 0 Å². The van der Waals surface area contributed by atoms with Crippen LogP contribution < -0.4 is 5.43 Å². The molecule has 1 unspecified atom stereocenters. The number of aliphatic hydroxyl groups excluding tert-OH is 1. The Balaban J connectivity index is 2.08. The molecule has 1 atom stereocenters. The average Bonchev–Trinajstić information content (AvgIpc) is 2.82. The zero-order valence-electron chi connectivity index (χ0n) is 9.83. The number of hydrogen-bond acceptors (Lipinski definition) is 4. The zero-order valence-corrected chi connectivity index (χ0v) is 9.83. The second-order valence-electron chi connectivity index (χ2n) is 4.56. The first-order chi connectivity index (χ1) is 8.79. The van der Waals surface area contributed by atoms with Crippen LogP contribution in [0.25, 0.3) is 11.4 Å². The minimum Gasteiger partial charge on any atom is -0.396 e. The SMILES string of the molecule is O=c1cc[nH]cc1-c1nnc2n1CC(CO)CC2. The summed E-state index contributed by atoms with van der Waals surface area (Å²) in [6.07, 6.45) is 4.95. The topological polar surface area (TPSA) is 83.8 Å². The van der Waals surface area contributed by atoms with Crippen LogP contribution in [-0.2, 0) is 13.0 Å². The lowest BCUT2D eigenvalue weighted by Gasteiger charge is -2.22. The first-order valence-electron chi connectivity index (χ1n) is 6.00. The number of aromatic amines is 1. The van der Waals surface area contributed by atoms with Gasteiger partial charge in [0, 0.05) is 44.0 Å². The van der Waals surface area contributed by atoms with Crippen LogP contribution in [0.5, 0.6) is 0 Å². The highest BCUT2D eigenvalue weighted by Gasteiger charge is 2.23. The summed E-state index contributed by atoms with van der Waals surface area (Å²) in [5, 5.41) is 17.5. The summed E-state index contributed by atoms with van der Waals surface area (Å²) in [5.41, 5.74) is 0.449. The summed E-state index contributed by atoms with van der Waals surface area (Å²) < 4.78 is 1.94. The molecule has 2 N–H and O–H groups in total. The molecule has 6 heteroatoms. The first-order valence-corrected chi connectivity index (χ1v) is 6.00. The van der Waals surface area contributed by atoms with E-state index in [0.717, 1.165) is 18.7 Å². The Hall–Kier alpha value is -1.95. The molecular formula is C12H14N4O2. The van der Waals surface area contributed by atoms with Crippen molar-refractivity contribution in [1.29, 1.82) is 0 Å². The molecule has 0 fully saturated rings. The number of H-pyrrole nitrogens is 1. The maximum absolute atomic E-state index is 11.8. The molecule has 0 aliphatic carbocycles. The second kappa shape index (κ2) is 4.38. The van der Waals surface area contributed by atoms with Crippen LogP contribution in [0.4, 0.5) is 0 Å². The molecular weight excluding hydrogens is 232 g/mol. The number of rotatable bonds is 2. The number of aliphatic hydroxyl groups is 1. The van der Waals surface area contributed by atoms with Gasteiger partial charge >= 0.3 is 0 Å². The van der Waals surface area contributed by atoms with Crippen molar-refractivity contribution in [2.75, 3.05) is 6.61 Å². The van der Waals surface area contributed by atoms with Crippen LogP contribution >= 0.6 is 0 Å². The highest BCUT2D eigenvalue weighted by atomic mass is 16.3. The van der Waals surface area contributed by atoms with Crippen molar-refractivity contribution in [3.63, 3.8) is 0 Å². The Morgan fingerprint density at radius 3 is 3.17 bits per heavy atom. The van der Waals surface area contributed by atoms with Crippen molar-refractivity contribution >= 4 is 0 Å². The minimum absolute atomic E-state index is 0.0740. The van der Waals surface area contributed by atoms with Crippen LogP contribution in [0, 0.1) is 5.92 Å². The molecule has 2 aromatic heterocycles. The highest BCUT2D eigenvalue weighted by Crippen LogP contribution is 2.23. The fourth-order valence-electron chi connectivity index (χ4n) is 2.33. The van der Waals surface area contributed by atoms with E-state index >= 15 is 0 Å². The molecule has 0 amide bonds. The number of hydrogen-bond donors (Lipinski definition) is 2. The molecule has 2 aromatic rings. The fraction of sp³-hybridized carbons (Fsp3) is 0.417. The predicted octanol–water partition coefficient (Wildman–Crippen LogP) is 0.188. The molecule has 0 saturated carbocycles. The van der Waals surface area contributed by atoms with E-state index in [0.29, 0.717) is 17.9 Å². The standard InChI is InChI=1S/C12H14N4O2/c17-7-8-1-2-11-14-15-12(16(11)6-8)9-5-13-4-3-10(9)18/h3-5,8,17H,1-2,6-7H2,(H,13,18). The molecule has 0 aromatic carbocycles. The predicted molar refractivity (Wildman–Crippen MR) is 65.0 cm³/mol. The molecule has 1 aliphatic heterocycles. The fourth-order valence-corrected chi connectivity index (χ4v) is 2.33. The van der Waals surface area contributed by atoms with Crippen molar-refractivity contribution in [3.05, 3.63) is 34.5 Å². The molecule has 0 saturated heterocycles. The third-order valence-electron chi connectivity index (χ3n) is 3.37. The number of fused-ring (bicyclic) bond motifs is 1. The summed E-state index contributed by atoms with van der Waals surface area (Å²) in [4.78, 5) is 14.7. The molecule has 0 spiro atoms. The van der Waals surface area contributed by atoms with Crippen molar-refractivity contribution in [1.82, 2.24) is 19.7 Å². The van der Waals surface area contributed by atoms with Gasteiger partial charge < -0.3 is 14.7 Å². The normalized spacial score (nSPS) is 18.6. The van der Waals surface area contributed by atoms with Crippen LogP contribution in [-0.4, -0.2) is 31.5 Å². The van der Waals surface area contributed by atoms with E-state index in [1.807, 2.05) is 4.57 Å². The van der Waals surface area contributed by atoms with E-state index in [2.05, 4.69) is 15.2 Å². The number of aryl methyl sites for hydroxylation is 1. The largest absolute Gasteiger partial charge is 0.396 e. The van der Waals surface area contributed by atoms with Gasteiger partial charge in [0.05, 0.1) is 5.56 Å².